The molecule has 1 aliphatic carbocycles. The molecular formula is C15H29NO3Si. The van der Waals surface area contributed by atoms with E-state index in [1.807, 2.05) is 13.8 Å². The van der Waals surface area contributed by atoms with E-state index >= 15 is 0 Å². The van der Waals surface area contributed by atoms with Crippen molar-refractivity contribution in [2.24, 2.45) is 0 Å². The van der Waals surface area contributed by atoms with E-state index in [2.05, 4.69) is 19.6 Å². The van der Waals surface area contributed by atoms with Gasteiger partial charge in [0.15, 0.2) is 0 Å². The third-order valence-electron chi connectivity index (χ3n) is 4.76. The van der Waals surface area contributed by atoms with Gasteiger partial charge in [-0.05, 0) is 45.6 Å². The van der Waals surface area contributed by atoms with Crippen molar-refractivity contribution in [3.63, 3.8) is 0 Å². The minimum Gasteiger partial charge on any atom is -0.465 e. The second-order valence-corrected chi connectivity index (χ2v) is 13.7. The predicted molar refractivity (Wildman–Crippen MR) is 82.8 cm³/mol. The summed E-state index contributed by atoms with van der Waals surface area (Å²) in [6.07, 6.45) is 4.24. The maximum atomic E-state index is 11.9. The van der Waals surface area contributed by atoms with Crippen molar-refractivity contribution >= 4 is 14.2 Å². The summed E-state index contributed by atoms with van der Waals surface area (Å²) >= 11 is 0. The molecule has 0 bridgehead atoms. The van der Waals surface area contributed by atoms with Gasteiger partial charge in [0.25, 0.3) is 0 Å². The Bertz CT molecular complexity index is 383. The number of hydrogen-bond donors (Lipinski definition) is 1. The predicted octanol–water partition coefficient (Wildman–Crippen LogP) is 4.14. The van der Waals surface area contributed by atoms with E-state index in [4.69, 9.17) is 4.74 Å². The number of hydrogen-bond acceptors (Lipinski definition) is 2. The lowest BCUT2D eigenvalue weighted by Crippen LogP contribution is -2.56. The van der Waals surface area contributed by atoms with E-state index in [0.29, 0.717) is 0 Å². The first-order valence-corrected chi connectivity index (χ1v) is 11.5. The van der Waals surface area contributed by atoms with Gasteiger partial charge in [-0.25, -0.2) is 4.79 Å². The van der Waals surface area contributed by atoms with Crippen LogP contribution in [-0.2, 0) is 4.74 Å². The molecule has 1 N–H and O–H groups in total. The standard InChI is InChI=1S/C15H29NO3Si/c1-14(2)12(11-20(3,4)5)19-15(16(14)13(17)18)9-7-6-8-10-15/h12H,6-11H2,1-5H3,(H,17,18). The van der Waals surface area contributed by atoms with Crippen LogP contribution < -0.4 is 0 Å². The lowest BCUT2D eigenvalue weighted by Gasteiger charge is -2.42. The van der Waals surface area contributed by atoms with Crippen molar-refractivity contribution in [1.82, 2.24) is 4.90 Å². The Kier molecular flexibility index (Phi) is 3.97. The van der Waals surface area contributed by atoms with Crippen LogP contribution >= 0.6 is 0 Å². The van der Waals surface area contributed by atoms with Crippen molar-refractivity contribution in [2.45, 2.75) is 89.0 Å². The number of ether oxygens (including phenoxy) is 1. The summed E-state index contributed by atoms with van der Waals surface area (Å²) in [5.41, 5.74) is -0.985. The van der Waals surface area contributed by atoms with E-state index < -0.39 is 25.4 Å². The smallest absolute Gasteiger partial charge is 0.410 e. The first kappa shape index (κ1) is 15.8. The average Bonchev–Trinajstić information content (AvgIpc) is 2.45. The summed E-state index contributed by atoms with van der Waals surface area (Å²) in [5, 5.41) is 9.74. The molecule has 116 valence electrons. The Morgan fingerprint density at radius 2 is 1.80 bits per heavy atom. The lowest BCUT2D eigenvalue weighted by molar-refractivity contribution is -0.114. The SMILES string of the molecule is CC1(C)C(C[Si](C)(C)C)OC2(CCCCC2)N1C(=O)O. The fourth-order valence-corrected chi connectivity index (χ4v) is 5.54. The lowest BCUT2D eigenvalue weighted by atomic mass is 9.88. The molecule has 1 heterocycles. The van der Waals surface area contributed by atoms with Gasteiger partial charge in [-0.2, -0.15) is 0 Å². The van der Waals surface area contributed by atoms with Crippen molar-refractivity contribution in [3.05, 3.63) is 0 Å². The van der Waals surface area contributed by atoms with E-state index in [0.717, 1.165) is 31.7 Å². The minimum absolute atomic E-state index is 0.0309. The molecule has 1 saturated heterocycles. The third-order valence-corrected chi connectivity index (χ3v) is 6.35. The average molecular weight is 299 g/mol. The maximum Gasteiger partial charge on any atom is 0.410 e. The van der Waals surface area contributed by atoms with Gasteiger partial charge in [-0.15, -0.1) is 0 Å². The van der Waals surface area contributed by atoms with E-state index in [1.54, 1.807) is 4.90 Å². The Labute approximate surface area is 123 Å². The van der Waals surface area contributed by atoms with Gasteiger partial charge < -0.3 is 9.84 Å². The Hall–Kier alpha value is -0.553. The van der Waals surface area contributed by atoms with Crippen LogP contribution in [0.15, 0.2) is 0 Å². The highest BCUT2D eigenvalue weighted by Crippen LogP contribution is 2.49. The zero-order chi connectivity index (χ0) is 15.2. The van der Waals surface area contributed by atoms with Crippen molar-refractivity contribution < 1.29 is 14.6 Å². The fourth-order valence-electron chi connectivity index (χ4n) is 3.84. The molecule has 0 aromatic rings. The maximum absolute atomic E-state index is 11.9. The Balaban J connectivity index is 2.33. The summed E-state index contributed by atoms with van der Waals surface area (Å²) < 4.78 is 6.43. The number of nitrogens with zero attached hydrogens (tertiary/aromatic N) is 1. The zero-order valence-electron chi connectivity index (χ0n) is 13.5. The van der Waals surface area contributed by atoms with Crippen LogP contribution in [0.2, 0.25) is 25.7 Å². The molecule has 1 atom stereocenters. The monoisotopic (exact) mass is 299 g/mol. The van der Waals surface area contributed by atoms with Crippen molar-refractivity contribution in [3.8, 4) is 0 Å². The topological polar surface area (TPSA) is 49.8 Å². The quantitative estimate of drug-likeness (QED) is 0.780. The van der Waals surface area contributed by atoms with Crippen LogP contribution in [0.5, 0.6) is 0 Å². The molecule has 1 amide bonds. The molecule has 2 rings (SSSR count). The molecule has 1 saturated carbocycles. The van der Waals surface area contributed by atoms with Crippen LogP contribution in [-0.4, -0.2) is 41.5 Å². The van der Waals surface area contributed by atoms with Crippen molar-refractivity contribution in [1.29, 1.82) is 0 Å². The molecule has 1 spiro atoms. The van der Waals surface area contributed by atoms with Gasteiger partial charge in [0, 0.05) is 8.07 Å². The first-order valence-electron chi connectivity index (χ1n) is 7.80. The summed E-state index contributed by atoms with van der Waals surface area (Å²) in [6.45, 7) is 11.0. The molecule has 0 aromatic carbocycles. The molecule has 5 heteroatoms. The van der Waals surface area contributed by atoms with E-state index in [9.17, 15) is 9.90 Å². The zero-order valence-corrected chi connectivity index (χ0v) is 14.5. The van der Waals surface area contributed by atoms with Crippen molar-refractivity contribution in [2.75, 3.05) is 0 Å². The Morgan fingerprint density at radius 1 is 1.25 bits per heavy atom. The molecule has 1 unspecified atom stereocenters. The van der Waals surface area contributed by atoms with Crippen LogP contribution in [0.3, 0.4) is 0 Å². The highest BCUT2D eigenvalue weighted by atomic mass is 28.3. The number of amides is 1. The summed E-state index contributed by atoms with van der Waals surface area (Å²) in [7, 11) is -1.30. The number of carboxylic acid groups (broad SMARTS) is 1. The van der Waals surface area contributed by atoms with E-state index in [-0.39, 0.29) is 6.10 Å². The summed E-state index contributed by atoms with van der Waals surface area (Å²) in [6, 6.07) is 1.02. The molecular weight excluding hydrogens is 270 g/mol. The minimum atomic E-state index is -1.30. The molecule has 1 aliphatic heterocycles. The molecule has 20 heavy (non-hydrogen) atoms. The molecule has 4 nitrogen and oxygen atoms in total. The number of rotatable bonds is 2. The molecule has 2 aliphatic rings. The van der Waals surface area contributed by atoms with Crippen LogP contribution in [0.4, 0.5) is 4.79 Å². The van der Waals surface area contributed by atoms with Crippen LogP contribution in [0, 0.1) is 0 Å². The molecule has 0 radical (unpaired) electrons. The van der Waals surface area contributed by atoms with Crippen LogP contribution in [0.1, 0.15) is 46.0 Å². The Morgan fingerprint density at radius 3 is 2.25 bits per heavy atom. The van der Waals surface area contributed by atoms with Gasteiger partial charge in [0.1, 0.15) is 5.72 Å². The third kappa shape index (κ3) is 2.75. The fraction of sp³-hybridized carbons (Fsp3) is 0.933. The molecule has 0 aromatic heterocycles. The summed E-state index contributed by atoms with van der Waals surface area (Å²) in [5.74, 6) is 0. The highest BCUT2D eigenvalue weighted by molar-refractivity contribution is 6.76. The van der Waals surface area contributed by atoms with Gasteiger partial charge in [-0.1, -0.05) is 26.1 Å². The van der Waals surface area contributed by atoms with Gasteiger partial charge in [-0.3, -0.25) is 4.90 Å². The van der Waals surface area contributed by atoms with Gasteiger partial charge >= 0.3 is 6.09 Å². The van der Waals surface area contributed by atoms with Crippen LogP contribution in [0.25, 0.3) is 0 Å². The first-order chi connectivity index (χ1) is 9.08. The number of carbonyl (C=O) groups is 1. The molecule has 2 fully saturated rings. The largest absolute Gasteiger partial charge is 0.465 e. The summed E-state index contributed by atoms with van der Waals surface area (Å²) in [4.78, 5) is 13.5. The highest BCUT2D eigenvalue weighted by Gasteiger charge is 2.59. The second-order valence-electron chi connectivity index (χ2n) is 8.15. The van der Waals surface area contributed by atoms with Gasteiger partial charge in [0.2, 0.25) is 0 Å². The normalized spacial score (nSPS) is 28.9. The second kappa shape index (κ2) is 5.02. The van der Waals surface area contributed by atoms with Gasteiger partial charge in [0.05, 0.1) is 11.6 Å². The van der Waals surface area contributed by atoms with E-state index in [1.165, 1.54) is 6.42 Å².